The summed E-state index contributed by atoms with van der Waals surface area (Å²) in [5, 5.41) is 23.0. The third-order valence-corrected chi connectivity index (χ3v) is 3.32. The zero-order chi connectivity index (χ0) is 15.5. The van der Waals surface area contributed by atoms with Crippen LogP contribution in [0.25, 0.3) is 5.69 Å². The summed E-state index contributed by atoms with van der Waals surface area (Å²) < 4.78 is 1.56. The predicted molar refractivity (Wildman–Crippen MR) is 81.4 cm³/mol. The second-order valence-electron chi connectivity index (χ2n) is 4.93. The van der Waals surface area contributed by atoms with E-state index in [1.807, 2.05) is 36.4 Å². The molecular weight excluding hydrogens is 280 g/mol. The van der Waals surface area contributed by atoms with Crippen molar-refractivity contribution in [3.8, 4) is 11.4 Å². The number of hydrogen-bond acceptors (Lipinski definition) is 3. The molecule has 0 spiro atoms. The molecule has 110 valence electrons. The molecule has 3 rings (SSSR count). The van der Waals surface area contributed by atoms with Crippen LogP contribution in [-0.4, -0.2) is 26.0 Å². The predicted octanol–water partition coefficient (Wildman–Crippen LogP) is 2.87. The van der Waals surface area contributed by atoms with Crippen LogP contribution in [-0.2, 0) is 6.42 Å². The van der Waals surface area contributed by atoms with E-state index in [-0.39, 0.29) is 11.4 Å². The highest BCUT2D eigenvalue weighted by atomic mass is 16.4. The first-order chi connectivity index (χ1) is 10.6. The molecule has 1 heterocycles. The first kappa shape index (κ1) is 13.9. The number of aromatic carboxylic acids is 1. The summed E-state index contributed by atoms with van der Waals surface area (Å²) >= 11 is 0. The molecule has 0 bridgehead atoms. The molecule has 5 heteroatoms. The Kier molecular flexibility index (Phi) is 3.62. The summed E-state index contributed by atoms with van der Waals surface area (Å²) in [7, 11) is 0. The maximum absolute atomic E-state index is 11.4. The molecule has 0 aliphatic carbocycles. The lowest BCUT2D eigenvalue weighted by Gasteiger charge is -2.01. The molecular formula is C17H14N2O3. The van der Waals surface area contributed by atoms with Gasteiger partial charge >= 0.3 is 5.97 Å². The van der Waals surface area contributed by atoms with Crippen molar-refractivity contribution in [3.05, 3.63) is 77.6 Å². The molecule has 0 radical (unpaired) electrons. The van der Waals surface area contributed by atoms with Gasteiger partial charge in [-0.15, -0.1) is 0 Å². The van der Waals surface area contributed by atoms with Crippen LogP contribution < -0.4 is 0 Å². The fraction of sp³-hybridized carbons (Fsp3) is 0.0588. The van der Waals surface area contributed by atoms with Crippen molar-refractivity contribution in [2.24, 2.45) is 0 Å². The number of benzene rings is 2. The van der Waals surface area contributed by atoms with Gasteiger partial charge in [0.1, 0.15) is 5.75 Å². The molecule has 0 amide bonds. The number of para-hydroxylation sites is 1. The minimum Gasteiger partial charge on any atom is -0.508 e. The third kappa shape index (κ3) is 2.83. The van der Waals surface area contributed by atoms with Gasteiger partial charge in [-0.25, -0.2) is 9.48 Å². The van der Waals surface area contributed by atoms with E-state index >= 15 is 0 Å². The van der Waals surface area contributed by atoms with E-state index in [0.717, 1.165) is 11.3 Å². The Labute approximate surface area is 127 Å². The van der Waals surface area contributed by atoms with Gasteiger partial charge in [0, 0.05) is 18.2 Å². The summed E-state index contributed by atoms with van der Waals surface area (Å²) in [6.45, 7) is 0. The van der Waals surface area contributed by atoms with E-state index in [2.05, 4.69) is 5.10 Å². The summed E-state index contributed by atoms with van der Waals surface area (Å²) in [6.07, 6.45) is 2.10. The van der Waals surface area contributed by atoms with E-state index in [1.54, 1.807) is 29.1 Å². The molecule has 1 aromatic heterocycles. The van der Waals surface area contributed by atoms with Crippen LogP contribution in [0.1, 0.15) is 21.6 Å². The average Bonchev–Trinajstić information content (AvgIpc) is 2.92. The van der Waals surface area contributed by atoms with E-state index in [9.17, 15) is 15.0 Å². The second kappa shape index (κ2) is 5.73. The van der Waals surface area contributed by atoms with Crippen molar-refractivity contribution in [1.82, 2.24) is 9.78 Å². The maximum atomic E-state index is 11.4. The highest BCUT2D eigenvalue weighted by Crippen LogP contribution is 2.19. The van der Waals surface area contributed by atoms with E-state index in [0.29, 0.717) is 12.0 Å². The summed E-state index contributed by atoms with van der Waals surface area (Å²) in [5.74, 6) is -0.908. The van der Waals surface area contributed by atoms with Gasteiger partial charge in [0.05, 0.1) is 5.69 Å². The number of carbonyl (C=O) groups is 1. The van der Waals surface area contributed by atoms with Crippen molar-refractivity contribution < 1.29 is 15.0 Å². The molecule has 0 aliphatic heterocycles. The Hall–Kier alpha value is -3.08. The highest BCUT2D eigenvalue weighted by molar-refractivity contribution is 5.87. The van der Waals surface area contributed by atoms with Gasteiger partial charge in [0.25, 0.3) is 0 Å². The first-order valence-electron chi connectivity index (χ1n) is 6.78. The second-order valence-corrected chi connectivity index (χ2v) is 4.93. The lowest BCUT2D eigenvalue weighted by atomic mass is 10.1. The zero-order valence-corrected chi connectivity index (χ0v) is 11.7. The first-order valence-corrected chi connectivity index (χ1v) is 6.78. The number of aromatic hydroxyl groups is 1. The minimum absolute atomic E-state index is 0.0206. The summed E-state index contributed by atoms with van der Waals surface area (Å²) in [5.41, 5.74) is 2.25. The number of phenols is 1. The van der Waals surface area contributed by atoms with Gasteiger partial charge in [-0.1, -0.05) is 30.3 Å². The topological polar surface area (TPSA) is 75.3 Å². The summed E-state index contributed by atoms with van der Waals surface area (Å²) in [4.78, 5) is 11.4. The van der Waals surface area contributed by atoms with Crippen LogP contribution in [0.2, 0.25) is 0 Å². The zero-order valence-electron chi connectivity index (χ0n) is 11.7. The summed E-state index contributed by atoms with van der Waals surface area (Å²) in [6, 6.07) is 16.1. The number of rotatable bonds is 4. The number of phenolic OH excluding ortho intramolecular Hbond substituents is 1. The quantitative estimate of drug-likeness (QED) is 0.776. The average molecular weight is 294 g/mol. The van der Waals surface area contributed by atoms with Crippen LogP contribution in [0.4, 0.5) is 0 Å². The fourth-order valence-corrected chi connectivity index (χ4v) is 2.32. The molecule has 0 saturated carbocycles. The van der Waals surface area contributed by atoms with Crippen LogP contribution >= 0.6 is 0 Å². The molecule has 0 aliphatic rings. The molecule has 0 atom stereocenters. The van der Waals surface area contributed by atoms with Crippen molar-refractivity contribution in [1.29, 1.82) is 0 Å². The van der Waals surface area contributed by atoms with Crippen molar-refractivity contribution in [3.63, 3.8) is 0 Å². The Morgan fingerprint density at radius 3 is 2.55 bits per heavy atom. The van der Waals surface area contributed by atoms with Crippen molar-refractivity contribution in [2.45, 2.75) is 6.42 Å². The molecule has 0 fully saturated rings. The molecule has 2 aromatic carbocycles. The van der Waals surface area contributed by atoms with Crippen LogP contribution in [0.3, 0.4) is 0 Å². The molecule has 3 aromatic rings. The van der Waals surface area contributed by atoms with E-state index in [4.69, 9.17) is 0 Å². The number of carboxylic acids is 1. The molecule has 5 nitrogen and oxygen atoms in total. The molecule has 2 N–H and O–H groups in total. The third-order valence-electron chi connectivity index (χ3n) is 3.32. The Morgan fingerprint density at radius 1 is 1.09 bits per heavy atom. The van der Waals surface area contributed by atoms with E-state index < -0.39 is 5.97 Å². The largest absolute Gasteiger partial charge is 0.508 e. The smallest absolute Gasteiger partial charge is 0.356 e. The SMILES string of the molecule is O=C(O)c1nn(-c2ccccc2)cc1Cc1cccc(O)c1. The Bertz CT molecular complexity index is 810. The molecule has 0 saturated heterocycles. The van der Waals surface area contributed by atoms with Crippen LogP contribution in [0, 0.1) is 0 Å². The van der Waals surface area contributed by atoms with Crippen molar-refractivity contribution >= 4 is 5.97 Å². The molecule has 22 heavy (non-hydrogen) atoms. The van der Waals surface area contributed by atoms with Crippen LogP contribution in [0.5, 0.6) is 5.75 Å². The van der Waals surface area contributed by atoms with Gasteiger partial charge < -0.3 is 10.2 Å². The van der Waals surface area contributed by atoms with Crippen molar-refractivity contribution in [2.75, 3.05) is 0 Å². The maximum Gasteiger partial charge on any atom is 0.356 e. The highest BCUT2D eigenvalue weighted by Gasteiger charge is 2.16. The number of hydrogen-bond donors (Lipinski definition) is 2. The molecule has 0 unspecified atom stereocenters. The van der Waals surface area contributed by atoms with Gasteiger partial charge in [-0.05, 0) is 29.8 Å². The number of carboxylic acid groups (broad SMARTS) is 1. The standard InChI is InChI=1S/C17H14N2O3/c20-15-8-4-5-12(10-15)9-13-11-19(18-16(13)17(21)22)14-6-2-1-3-7-14/h1-8,10-11,20H,9H2,(H,21,22). The number of aromatic nitrogens is 2. The van der Waals surface area contributed by atoms with Gasteiger partial charge in [-0.2, -0.15) is 5.10 Å². The minimum atomic E-state index is -1.06. The van der Waals surface area contributed by atoms with Gasteiger partial charge in [-0.3, -0.25) is 0 Å². The normalized spacial score (nSPS) is 10.5. The lowest BCUT2D eigenvalue weighted by molar-refractivity contribution is 0.0689. The Balaban J connectivity index is 2.00. The van der Waals surface area contributed by atoms with Crippen LogP contribution in [0.15, 0.2) is 60.8 Å². The lowest BCUT2D eigenvalue weighted by Crippen LogP contribution is -2.03. The van der Waals surface area contributed by atoms with Gasteiger partial charge in [0.15, 0.2) is 5.69 Å². The fourth-order valence-electron chi connectivity index (χ4n) is 2.32. The monoisotopic (exact) mass is 294 g/mol. The van der Waals surface area contributed by atoms with Gasteiger partial charge in [0.2, 0.25) is 0 Å². The number of nitrogens with zero attached hydrogens (tertiary/aromatic N) is 2. The Morgan fingerprint density at radius 2 is 1.86 bits per heavy atom. The van der Waals surface area contributed by atoms with E-state index in [1.165, 1.54) is 0 Å².